The van der Waals surface area contributed by atoms with E-state index >= 15 is 0 Å². The molecular weight excluding hydrogens is 306 g/mol. The highest BCUT2D eigenvalue weighted by molar-refractivity contribution is 5.98. The molecule has 2 aliphatic carbocycles. The predicted octanol–water partition coefficient (Wildman–Crippen LogP) is 2.21. The van der Waals surface area contributed by atoms with Gasteiger partial charge in [-0.25, -0.2) is 4.98 Å². The maximum absolute atomic E-state index is 12.6. The molecule has 2 heterocycles. The van der Waals surface area contributed by atoms with Crippen LogP contribution in [0.5, 0.6) is 5.88 Å². The first kappa shape index (κ1) is 15.4. The molecule has 2 atom stereocenters. The van der Waals surface area contributed by atoms with Crippen LogP contribution in [0.15, 0.2) is 18.3 Å². The number of likely N-dealkylation sites (tertiary alicyclic amines) is 1. The van der Waals surface area contributed by atoms with Crippen LogP contribution in [-0.4, -0.2) is 40.9 Å². The van der Waals surface area contributed by atoms with Gasteiger partial charge < -0.3 is 15.0 Å². The van der Waals surface area contributed by atoms with E-state index in [0.717, 1.165) is 19.3 Å². The maximum Gasteiger partial charge on any atom is 0.232 e. The molecule has 1 saturated heterocycles. The van der Waals surface area contributed by atoms with Gasteiger partial charge >= 0.3 is 0 Å². The quantitative estimate of drug-likeness (QED) is 0.919. The molecule has 6 heteroatoms. The lowest BCUT2D eigenvalue weighted by atomic mass is 10.1. The van der Waals surface area contributed by atoms with Crippen molar-refractivity contribution in [1.29, 1.82) is 0 Å². The van der Waals surface area contributed by atoms with Gasteiger partial charge in [-0.05, 0) is 44.1 Å². The van der Waals surface area contributed by atoms with E-state index in [1.54, 1.807) is 18.0 Å². The Morgan fingerprint density at radius 1 is 1.33 bits per heavy atom. The highest BCUT2D eigenvalue weighted by Gasteiger charge is 2.65. The molecule has 4 rings (SSSR count). The average molecular weight is 329 g/mol. The number of hydrogen-bond donors (Lipinski definition) is 1. The number of anilines is 1. The number of ether oxygens (including phenoxy) is 1. The Hall–Kier alpha value is -2.11. The Morgan fingerprint density at radius 3 is 2.75 bits per heavy atom. The summed E-state index contributed by atoms with van der Waals surface area (Å²) in [7, 11) is 0. The molecule has 1 N–H and O–H groups in total. The summed E-state index contributed by atoms with van der Waals surface area (Å²) in [5.74, 6) is 0.970. The third kappa shape index (κ3) is 2.74. The number of nitrogens with zero attached hydrogens (tertiary/aromatic N) is 2. The van der Waals surface area contributed by atoms with Crippen molar-refractivity contribution in [2.45, 2.75) is 45.1 Å². The van der Waals surface area contributed by atoms with Crippen molar-refractivity contribution in [1.82, 2.24) is 9.88 Å². The summed E-state index contributed by atoms with van der Waals surface area (Å²) in [4.78, 5) is 30.2. The number of piperidine rings is 1. The molecule has 0 aromatic carbocycles. The Morgan fingerprint density at radius 2 is 2.12 bits per heavy atom. The van der Waals surface area contributed by atoms with Crippen LogP contribution in [0.25, 0.3) is 0 Å². The smallest absolute Gasteiger partial charge is 0.232 e. The fourth-order valence-corrected chi connectivity index (χ4v) is 4.03. The minimum Gasteiger partial charge on any atom is -0.474 e. The summed E-state index contributed by atoms with van der Waals surface area (Å²) in [6.45, 7) is 2.80. The van der Waals surface area contributed by atoms with Crippen molar-refractivity contribution in [2.75, 3.05) is 18.4 Å². The number of carbonyl (C=O) groups is 2. The van der Waals surface area contributed by atoms with Gasteiger partial charge in [0.05, 0.1) is 17.3 Å². The minimum absolute atomic E-state index is 0.00233. The average Bonchev–Trinajstić information content (AvgIpc) is 2.92. The van der Waals surface area contributed by atoms with E-state index in [0.29, 0.717) is 30.6 Å². The number of rotatable bonds is 4. The zero-order valence-corrected chi connectivity index (χ0v) is 14.0. The minimum atomic E-state index is -0.384. The summed E-state index contributed by atoms with van der Waals surface area (Å²) >= 11 is 0. The summed E-state index contributed by atoms with van der Waals surface area (Å²) < 4.78 is 5.84. The van der Waals surface area contributed by atoms with Gasteiger partial charge in [-0.2, -0.15) is 0 Å². The van der Waals surface area contributed by atoms with Gasteiger partial charge in [-0.3, -0.25) is 9.59 Å². The van der Waals surface area contributed by atoms with Crippen LogP contribution < -0.4 is 10.1 Å². The molecule has 3 aliphatic rings. The standard InChI is InChI=1S/C18H23N3O3/c1-12(22)21-10-13-8-18(13,11-21)17(23)20-14-6-7-16(19-9-14)24-15-4-2-3-5-15/h6-7,9,13,15H,2-5,8,10-11H2,1H3,(H,20,23). The third-order valence-corrected chi connectivity index (χ3v) is 5.63. The molecule has 6 nitrogen and oxygen atoms in total. The number of aromatic nitrogens is 1. The van der Waals surface area contributed by atoms with E-state index in [9.17, 15) is 9.59 Å². The first-order valence-corrected chi connectivity index (χ1v) is 8.76. The number of carbonyl (C=O) groups excluding carboxylic acids is 2. The molecule has 0 bridgehead atoms. The van der Waals surface area contributed by atoms with E-state index < -0.39 is 0 Å². The van der Waals surface area contributed by atoms with Crippen LogP contribution in [0.1, 0.15) is 39.0 Å². The van der Waals surface area contributed by atoms with Gasteiger partial charge in [-0.1, -0.05) is 0 Å². The molecule has 0 spiro atoms. The summed E-state index contributed by atoms with van der Waals surface area (Å²) in [5.41, 5.74) is 0.296. The van der Waals surface area contributed by atoms with Gasteiger partial charge in [-0.15, -0.1) is 0 Å². The summed E-state index contributed by atoms with van der Waals surface area (Å²) in [5, 5.41) is 2.95. The van der Waals surface area contributed by atoms with E-state index in [1.165, 1.54) is 12.8 Å². The molecule has 1 aromatic rings. The van der Waals surface area contributed by atoms with Crippen molar-refractivity contribution >= 4 is 17.5 Å². The summed E-state index contributed by atoms with van der Waals surface area (Å²) in [6.07, 6.45) is 7.43. The molecule has 24 heavy (non-hydrogen) atoms. The molecule has 1 aromatic heterocycles. The van der Waals surface area contributed by atoms with Crippen LogP contribution in [0.3, 0.4) is 0 Å². The zero-order valence-electron chi connectivity index (χ0n) is 14.0. The van der Waals surface area contributed by atoms with Gasteiger partial charge in [0.25, 0.3) is 0 Å². The van der Waals surface area contributed by atoms with Gasteiger partial charge in [0.1, 0.15) is 6.10 Å². The second-order valence-electron chi connectivity index (χ2n) is 7.32. The molecule has 0 radical (unpaired) electrons. The second kappa shape index (κ2) is 5.76. The Kier molecular flexibility index (Phi) is 3.70. The fourth-order valence-electron chi connectivity index (χ4n) is 4.03. The molecule has 3 fully saturated rings. The monoisotopic (exact) mass is 329 g/mol. The van der Waals surface area contributed by atoms with Gasteiger partial charge in [0.15, 0.2) is 0 Å². The first-order chi connectivity index (χ1) is 11.6. The van der Waals surface area contributed by atoms with Crippen molar-refractivity contribution in [3.8, 4) is 5.88 Å². The lowest BCUT2D eigenvalue weighted by molar-refractivity contribution is -0.129. The van der Waals surface area contributed by atoms with E-state index in [-0.39, 0.29) is 23.3 Å². The molecule has 1 aliphatic heterocycles. The van der Waals surface area contributed by atoms with Gasteiger partial charge in [0, 0.05) is 26.1 Å². The number of nitrogens with one attached hydrogen (secondary N) is 1. The summed E-state index contributed by atoms with van der Waals surface area (Å²) in [6, 6.07) is 3.65. The SMILES string of the molecule is CC(=O)N1CC2CC2(C(=O)Nc2ccc(OC3CCCC3)nc2)C1. The van der Waals surface area contributed by atoms with Crippen molar-refractivity contribution in [3.63, 3.8) is 0 Å². The van der Waals surface area contributed by atoms with E-state index in [1.807, 2.05) is 12.1 Å². The van der Waals surface area contributed by atoms with Crippen LogP contribution in [0.4, 0.5) is 5.69 Å². The topological polar surface area (TPSA) is 71.5 Å². The molecule has 2 saturated carbocycles. The molecular formula is C18H23N3O3. The normalized spacial score (nSPS) is 28.5. The Balaban J connectivity index is 1.35. The number of fused-ring (bicyclic) bond motifs is 1. The Bertz CT molecular complexity index is 654. The number of hydrogen-bond acceptors (Lipinski definition) is 4. The van der Waals surface area contributed by atoms with Gasteiger partial charge in [0.2, 0.25) is 17.7 Å². The maximum atomic E-state index is 12.6. The van der Waals surface area contributed by atoms with Crippen molar-refractivity contribution in [2.24, 2.45) is 11.3 Å². The molecule has 128 valence electrons. The first-order valence-electron chi connectivity index (χ1n) is 8.76. The highest BCUT2D eigenvalue weighted by atomic mass is 16.5. The van der Waals surface area contributed by atoms with Crippen LogP contribution in [0.2, 0.25) is 0 Å². The van der Waals surface area contributed by atoms with Crippen LogP contribution >= 0.6 is 0 Å². The fraction of sp³-hybridized carbons (Fsp3) is 0.611. The lowest BCUT2D eigenvalue weighted by Crippen LogP contribution is -2.34. The molecule has 2 unspecified atom stereocenters. The van der Waals surface area contributed by atoms with E-state index in [4.69, 9.17) is 4.74 Å². The predicted molar refractivity (Wildman–Crippen MR) is 88.5 cm³/mol. The van der Waals surface area contributed by atoms with Crippen LogP contribution in [-0.2, 0) is 9.59 Å². The molecule has 2 amide bonds. The zero-order chi connectivity index (χ0) is 16.7. The third-order valence-electron chi connectivity index (χ3n) is 5.63. The second-order valence-corrected chi connectivity index (χ2v) is 7.32. The number of pyridine rings is 1. The van der Waals surface area contributed by atoms with E-state index in [2.05, 4.69) is 10.3 Å². The highest BCUT2D eigenvalue weighted by Crippen LogP contribution is 2.58. The van der Waals surface area contributed by atoms with Crippen LogP contribution in [0, 0.1) is 11.3 Å². The largest absolute Gasteiger partial charge is 0.474 e. The number of amides is 2. The lowest BCUT2D eigenvalue weighted by Gasteiger charge is -2.19. The van der Waals surface area contributed by atoms with Crippen molar-refractivity contribution in [3.05, 3.63) is 18.3 Å². The van der Waals surface area contributed by atoms with Crippen molar-refractivity contribution < 1.29 is 14.3 Å². The Labute approximate surface area is 141 Å².